The quantitative estimate of drug-likeness (QED) is 0.547. The normalized spacial score (nSPS) is 11.9. The average Bonchev–Trinajstić information content (AvgIpc) is 2.31. The van der Waals surface area contributed by atoms with Crippen molar-refractivity contribution in [1.82, 2.24) is 4.83 Å². The van der Waals surface area contributed by atoms with Crippen LogP contribution in [0.15, 0.2) is 11.0 Å². The van der Waals surface area contributed by atoms with E-state index >= 15 is 0 Å². The van der Waals surface area contributed by atoms with Crippen molar-refractivity contribution in [3.8, 4) is 0 Å². The maximum atomic E-state index is 11.2. The Labute approximate surface area is 75.4 Å². The molecule has 0 radical (unpaired) electrons. The zero-order valence-corrected chi connectivity index (χ0v) is 8.42. The Morgan fingerprint density at radius 2 is 2.08 bits per heavy atom. The summed E-state index contributed by atoms with van der Waals surface area (Å²) in [5.74, 6) is 4.88. The first-order chi connectivity index (χ1) is 5.47. The van der Waals surface area contributed by atoms with Crippen LogP contribution >= 0.6 is 11.3 Å². The van der Waals surface area contributed by atoms with Gasteiger partial charge in [0.15, 0.2) is 0 Å². The van der Waals surface area contributed by atoms with E-state index in [2.05, 4.69) is 0 Å². The highest BCUT2D eigenvalue weighted by atomic mass is 32.2. The molecular weight excluding hydrogens is 196 g/mol. The fraction of sp³-hybridized carbons (Fsp3) is 0.333. The number of sulfonamides is 1. The van der Waals surface area contributed by atoms with E-state index in [4.69, 9.17) is 5.84 Å². The van der Waals surface area contributed by atoms with Gasteiger partial charge in [-0.3, -0.25) is 5.84 Å². The van der Waals surface area contributed by atoms with Crippen molar-refractivity contribution >= 4 is 21.4 Å². The number of hydrogen-bond donors (Lipinski definition) is 2. The first-order valence-electron chi connectivity index (χ1n) is 3.27. The van der Waals surface area contributed by atoms with Crippen molar-refractivity contribution in [2.75, 3.05) is 0 Å². The van der Waals surface area contributed by atoms with Gasteiger partial charge in [0, 0.05) is 9.75 Å². The van der Waals surface area contributed by atoms with Gasteiger partial charge in [-0.25, -0.2) is 8.42 Å². The second-order valence-corrected chi connectivity index (χ2v) is 5.54. The highest BCUT2D eigenvalue weighted by molar-refractivity contribution is 7.89. The largest absolute Gasteiger partial charge is 0.257 e. The minimum absolute atomic E-state index is 0.271. The van der Waals surface area contributed by atoms with Crippen LogP contribution in [0.1, 0.15) is 9.75 Å². The number of thiophene rings is 1. The van der Waals surface area contributed by atoms with Crippen LogP contribution in [0, 0.1) is 13.8 Å². The van der Waals surface area contributed by atoms with Crippen molar-refractivity contribution in [2.45, 2.75) is 18.7 Å². The van der Waals surface area contributed by atoms with Gasteiger partial charge < -0.3 is 0 Å². The predicted octanol–water partition coefficient (Wildman–Crippen LogP) is 0.517. The van der Waals surface area contributed by atoms with Crippen LogP contribution in [0.25, 0.3) is 0 Å². The molecule has 4 nitrogen and oxygen atoms in total. The summed E-state index contributed by atoms with van der Waals surface area (Å²) >= 11 is 1.44. The minimum Gasteiger partial charge on any atom is -0.257 e. The molecule has 1 aromatic heterocycles. The van der Waals surface area contributed by atoms with Gasteiger partial charge in [-0.15, -0.1) is 11.3 Å². The molecule has 0 fully saturated rings. The number of nitrogens with one attached hydrogen (secondary N) is 1. The Hall–Kier alpha value is -0.430. The van der Waals surface area contributed by atoms with Crippen molar-refractivity contribution in [3.63, 3.8) is 0 Å². The Morgan fingerprint density at radius 1 is 1.50 bits per heavy atom. The topological polar surface area (TPSA) is 72.2 Å². The molecule has 0 aromatic carbocycles. The Morgan fingerprint density at radius 3 is 2.42 bits per heavy atom. The molecular formula is C6H10N2O2S2. The third-order valence-corrected chi connectivity index (χ3v) is 3.85. The van der Waals surface area contributed by atoms with Gasteiger partial charge in [0.1, 0.15) is 0 Å². The molecule has 1 rings (SSSR count). The maximum absolute atomic E-state index is 11.2. The lowest BCUT2D eigenvalue weighted by molar-refractivity contribution is 0.584. The van der Waals surface area contributed by atoms with E-state index in [-0.39, 0.29) is 4.90 Å². The summed E-state index contributed by atoms with van der Waals surface area (Å²) in [6, 6.07) is 1.61. The fourth-order valence-electron chi connectivity index (χ4n) is 0.938. The molecule has 0 aliphatic carbocycles. The summed E-state index contributed by atoms with van der Waals surface area (Å²) in [7, 11) is -3.47. The van der Waals surface area contributed by atoms with E-state index in [9.17, 15) is 8.42 Å². The van der Waals surface area contributed by atoms with Gasteiger partial charge in [0.25, 0.3) is 10.0 Å². The van der Waals surface area contributed by atoms with Crippen LogP contribution in [-0.4, -0.2) is 8.42 Å². The van der Waals surface area contributed by atoms with E-state index in [0.29, 0.717) is 0 Å². The first kappa shape index (κ1) is 9.66. The average molecular weight is 206 g/mol. The monoisotopic (exact) mass is 206 g/mol. The van der Waals surface area contributed by atoms with E-state index < -0.39 is 10.0 Å². The van der Waals surface area contributed by atoms with Crippen molar-refractivity contribution < 1.29 is 8.42 Å². The summed E-state index contributed by atoms with van der Waals surface area (Å²) in [6.07, 6.45) is 0. The summed E-state index contributed by atoms with van der Waals surface area (Å²) < 4.78 is 22.4. The Balaban J connectivity index is 3.29. The van der Waals surface area contributed by atoms with Crippen LogP contribution < -0.4 is 10.7 Å². The van der Waals surface area contributed by atoms with Crippen LogP contribution in [0.4, 0.5) is 0 Å². The summed E-state index contributed by atoms with van der Waals surface area (Å²) in [5.41, 5.74) is 0. The zero-order valence-electron chi connectivity index (χ0n) is 6.79. The third kappa shape index (κ3) is 1.66. The van der Waals surface area contributed by atoms with Gasteiger partial charge in [-0.1, -0.05) is 0 Å². The predicted molar refractivity (Wildman–Crippen MR) is 48.3 cm³/mol. The minimum atomic E-state index is -3.47. The fourth-order valence-corrected chi connectivity index (χ4v) is 3.12. The zero-order chi connectivity index (χ0) is 9.35. The van der Waals surface area contributed by atoms with Crippen LogP contribution in [-0.2, 0) is 10.0 Å². The molecule has 0 saturated carbocycles. The standard InChI is InChI=1S/C6H10N2O2S2/c1-4-3-6(5(2)11-4)12(9,10)8-7/h3,8H,7H2,1-2H3. The van der Waals surface area contributed by atoms with Gasteiger partial charge in [-0.2, -0.15) is 4.83 Å². The molecule has 68 valence electrons. The number of hydrazine groups is 1. The van der Waals surface area contributed by atoms with Gasteiger partial charge in [-0.05, 0) is 19.9 Å². The molecule has 12 heavy (non-hydrogen) atoms. The van der Waals surface area contributed by atoms with Crippen molar-refractivity contribution in [3.05, 3.63) is 15.8 Å². The van der Waals surface area contributed by atoms with Crippen molar-refractivity contribution in [1.29, 1.82) is 0 Å². The molecule has 3 N–H and O–H groups in total. The Kier molecular flexibility index (Phi) is 2.52. The van der Waals surface area contributed by atoms with E-state index in [1.54, 1.807) is 17.8 Å². The van der Waals surface area contributed by atoms with E-state index in [1.807, 2.05) is 6.92 Å². The summed E-state index contributed by atoms with van der Waals surface area (Å²) in [6.45, 7) is 3.61. The second kappa shape index (κ2) is 3.14. The van der Waals surface area contributed by atoms with Crippen LogP contribution in [0.5, 0.6) is 0 Å². The molecule has 0 bridgehead atoms. The number of aryl methyl sites for hydroxylation is 2. The molecule has 1 heterocycles. The van der Waals surface area contributed by atoms with Gasteiger partial charge in [0.05, 0.1) is 4.90 Å². The SMILES string of the molecule is Cc1cc(S(=O)(=O)NN)c(C)s1. The molecule has 1 aromatic rings. The summed E-state index contributed by atoms with van der Waals surface area (Å²) in [4.78, 5) is 3.78. The maximum Gasteiger partial charge on any atom is 0.254 e. The van der Waals surface area contributed by atoms with E-state index in [1.165, 1.54) is 11.3 Å². The molecule has 0 saturated heterocycles. The number of hydrogen-bond acceptors (Lipinski definition) is 4. The summed E-state index contributed by atoms with van der Waals surface area (Å²) in [5, 5.41) is 0. The molecule has 0 aliphatic rings. The van der Waals surface area contributed by atoms with Gasteiger partial charge in [0.2, 0.25) is 0 Å². The molecule has 0 spiro atoms. The third-order valence-electron chi connectivity index (χ3n) is 1.44. The number of rotatable bonds is 2. The van der Waals surface area contributed by atoms with Gasteiger partial charge >= 0.3 is 0 Å². The lowest BCUT2D eigenvalue weighted by Gasteiger charge is -1.98. The van der Waals surface area contributed by atoms with Crippen LogP contribution in [0.3, 0.4) is 0 Å². The molecule has 0 amide bonds. The van der Waals surface area contributed by atoms with E-state index in [0.717, 1.165) is 9.75 Å². The first-order valence-corrected chi connectivity index (χ1v) is 5.57. The van der Waals surface area contributed by atoms with Crippen molar-refractivity contribution in [2.24, 2.45) is 5.84 Å². The highest BCUT2D eigenvalue weighted by Gasteiger charge is 2.16. The highest BCUT2D eigenvalue weighted by Crippen LogP contribution is 2.24. The molecule has 0 unspecified atom stereocenters. The molecule has 6 heteroatoms. The smallest absolute Gasteiger partial charge is 0.254 e. The Bertz CT molecular complexity index is 380. The lowest BCUT2D eigenvalue weighted by Crippen LogP contribution is -2.30. The van der Waals surface area contributed by atoms with Crippen LogP contribution in [0.2, 0.25) is 0 Å². The molecule has 0 aliphatic heterocycles. The lowest BCUT2D eigenvalue weighted by atomic mass is 10.4. The number of nitrogens with two attached hydrogens (primary N) is 1. The second-order valence-electron chi connectivity index (χ2n) is 2.40. The molecule has 0 atom stereocenters.